The van der Waals surface area contributed by atoms with Crippen LogP contribution in [0.25, 0.3) is 0 Å². The lowest BCUT2D eigenvalue weighted by Crippen LogP contribution is -2.43. The van der Waals surface area contributed by atoms with E-state index in [1.54, 1.807) is 6.07 Å². The minimum absolute atomic E-state index is 0.0513. The van der Waals surface area contributed by atoms with Gasteiger partial charge in [-0.15, -0.1) is 0 Å². The number of amides is 1. The molecule has 0 aliphatic carbocycles. The van der Waals surface area contributed by atoms with E-state index in [2.05, 4.69) is 39.6 Å². The van der Waals surface area contributed by atoms with Crippen molar-refractivity contribution < 1.29 is 9.32 Å². The van der Waals surface area contributed by atoms with E-state index in [1.807, 2.05) is 20.8 Å². The van der Waals surface area contributed by atoms with Crippen LogP contribution in [0.3, 0.4) is 0 Å². The van der Waals surface area contributed by atoms with Crippen LogP contribution in [0.4, 0.5) is 0 Å². The number of hydrogen-bond donors (Lipinski definition) is 1. The van der Waals surface area contributed by atoms with Gasteiger partial charge >= 0.3 is 0 Å². The fourth-order valence-corrected chi connectivity index (χ4v) is 3.11. The fraction of sp³-hybridized carbons (Fsp3) is 0.474. The zero-order valence-corrected chi connectivity index (χ0v) is 14.6. The summed E-state index contributed by atoms with van der Waals surface area (Å²) in [6, 6.07) is 10.4. The number of aromatic nitrogens is 1. The standard InChI is InChI=1S/C19H25N3O2/c1-13(2)17-10-18(24-21-17)19(23)20-14(3)11-22-9-8-15-6-4-5-7-16(15)12-22/h4-7,10,13-14H,8-9,11-12H2,1-3H3,(H,20,23). The maximum atomic E-state index is 12.3. The first-order valence-corrected chi connectivity index (χ1v) is 8.59. The van der Waals surface area contributed by atoms with E-state index in [0.717, 1.165) is 31.7 Å². The number of carbonyl (C=O) groups excluding carboxylic acids is 1. The minimum atomic E-state index is -0.195. The molecule has 1 aliphatic heterocycles. The predicted molar refractivity (Wildman–Crippen MR) is 92.9 cm³/mol. The third-order valence-electron chi connectivity index (χ3n) is 4.46. The predicted octanol–water partition coefficient (Wildman–Crippen LogP) is 2.97. The molecule has 0 fully saturated rings. The van der Waals surface area contributed by atoms with Crippen molar-refractivity contribution in [2.75, 3.05) is 13.1 Å². The van der Waals surface area contributed by atoms with Gasteiger partial charge in [0.05, 0.1) is 5.69 Å². The van der Waals surface area contributed by atoms with Gasteiger partial charge in [0, 0.05) is 31.7 Å². The van der Waals surface area contributed by atoms with Crippen molar-refractivity contribution in [3.05, 3.63) is 52.9 Å². The maximum absolute atomic E-state index is 12.3. The van der Waals surface area contributed by atoms with Crippen LogP contribution < -0.4 is 5.32 Å². The smallest absolute Gasteiger partial charge is 0.290 e. The number of hydrogen-bond acceptors (Lipinski definition) is 4. The Labute approximate surface area is 143 Å². The van der Waals surface area contributed by atoms with E-state index >= 15 is 0 Å². The summed E-state index contributed by atoms with van der Waals surface area (Å²) in [6.07, 6.45) is 1.07. The van der Waals surface area contributed by atoms with E-state index in [4.69, 9.17) is 4.52 Å². The molecule has 1 atom stereocenters. The Kier molecular flexibility index (Phi) is 5.00. The molecule has 5 nitrogen and oxygen atoms in total. The van der Waals surface area contributed by atoms with Crippen LogP contribution in [-0.4, -0.2) is 35.1 Å². The second-order valence-electron chi connectivity index (χ2n) is 6.90. The lowest BCUT2D eigenvalue weighted by molar-refractivity contribution is 0.0889. The number of fused-ring (bicyclic) bond motifs is 1. The van der Waals surface area contributed by atoms with Gasteiger partial charge in [0.25, 0.3) is 5.91 Å². The molecular formula is C19H25N3O2. The van der Waals surface area contributed by atoms with Crippen LogP contribution in [0, 0.1) is 0 Å². The van der Waals surface area contributed by atoms with E-state index in [-0.39, 0.29) is 23.6 Å². The molecule has 0 bridgehead atoms. The molecule has 1 aliphatic rings. The highest BCUT2D eigenvalue weighted by Crippen LogP contribution is 2.18. The van der Waals surface area contributed by atoms with Crippen LogP contribution >= 0.6 is 0 Å². The highest BCUT2D eigenvalue weighted by atomic mass is 16.5. The molecule has 0 radical (unpaired) electrons. The van der Waals surface area contributed by atoms with Gasteiger partial charge in [-0.3, -0.25) is 9.69 Å². The molecular weight excluding hydrogens is 302 g/mol. The number of nitrogens with one attached hydrogen (secondary N) is 1. The molecule has 24 heavy (non-hydrogen) atoms. The largest absolute Gasteiger partial charge is 0.351 e. The van der Waals surface area contributed by atoms with Crippen molar-refractivity contribution in [3.8, 4) is 0 Å². The third-order valence-corrected chi connectivity index (χ3v) is 4.46. The minimum Gasteiger partial charge on any atom is -0.351 e. The van der Waals surface area contributed by atoms with E-state index in [9.17, 15) is 4.79 Å². The molecule has 1 amide bonds. The summed E-state index contributed by atoms with van der Waals surface area (Å²) >= 11 is 0. The molecule has 1 aromatic heterocycles. The van der Waals surface area contributed by atoms with Gasteiger partial charge in [0.1, 0.15) is 0 Å². The average molecular weight is 327 g/mol. The molecule has 2 heterocycles. The van der Waals surface area contributed by atoms with Gasteiger partial charge in [-0.05, 0) is 30.4 Å². The van der Waals surface area contributed by atoms with Crippen LogP contribution in [0.5, 0.6) is 0 Å². The quantitative estimate of drug-likeness (QED) is 0.917. The topological polar surface area (TPSA) is 58.4 Å². The van der Waals surface area contributed by atoms with Crippen LogP contribution in [0.1, 0.15) is 54.1 Å². The van der Waals surface area contributed by atoms with Crippen molar-refractivity contribution in [1.82, 2.24) is 15.4 Å². The van der Waals surface area contributed by atoms with Crippen LogP contribution in [-0.2, 0) is 13.0 Å². The van der Waals surface area contributed by atoms with Crippen molar-refractivity contribution in [2.45, 2.75) is 45.7 Å². The molecule has 128 valence electrons. The Hall–Kier alpha value is -2.14. The highest BCUT2D eigenvalue weighted by molar-refractivity contribution is 5.91. The van der Waals surface area contributed by atoms with Crippen LogP contribution in [0.2, 0.25) is 0 Å². The van der Waals surface area contributed by atoms with Gasteiger partial charge in [-0.2, -0.15) is 0 Å². The first-order chi connectivity index (χ1) is 11.5. The number of carbonyl (C=O) groups is 1. The van der Waals surface area contributed by atoms with Gasteiger partial charge in [-0.1, -0.05) is 43.3 Å². The number of nitrogens with zero attached hydrogens (tertiary/aromatic N) is 2. The van der Waals surface area contributed by atoms with Crippen molar-refractivity contribution >= 4 is 5.91 Å². The Morgan fingerprint density at radius 1 is 1.29 bits per heavy atom. The summed E-state index contributed by atoms with van der Waals surface area (Å²) in [5, 5.41) is 6.94. The second kappa shape index (κ2) is 7.18. The van der Waals surface area contributed by atoms with Gasteiger partial charge in [-0.25, -0.2) is 0 Å². The lowest BCUT2D eigenvalue weighted by Gasteiger charge is -2.30. The Bertz CT molecular complexity index is 708. The monoisotopic (exact) mass is 327 g/mol. The Morgan fingerprint density at radius 2 is 2.04 bits per heavy atom. The van der Waals surface area contributed by atoms with E-state index in [1.165, 1.54) is 11.1 Å². The average Bonchev–Trinajstić information content (AvgIpc) is 3.05. The molecule has 1 aromatic carbocycles. The van der Waals surface area contributed by atoms with E-state index < -0.39 is 0 Å². The Morgan fingerprint density at radius 3 is 2.75 bits per heavy atom. The summed E-state index contributed by atoms with van der Waals surface area (Å²) in [4.78, 5) is 14.6. The third kappa shape index (κ3) is 3.85. The second-order valence-corrected chi connectivity index (χ2v) is 6.90. The van der Waals surface area contributed by atoms with Crippen molar-refractivity contribution in [2.24, 2.45) is 0 Å². The summed E-state index contributed by atoms with van der Waals surface area (Å²) < 4.78 is 5.15. The molecule has 1 N–H and O–H groups in total. The summed E-state index contributed by atoms with van der Waals surface area (Å²) in [5.41, 5.74) is 3.63. The summed E-state index contributed by atoms with van der Waals surface area (Å²) in [6.45, 7) is 8.86. The zero-order valence-electron chi connectivity index (χ0n) is 14.6. The zero-order chi connectivity index (χ0) is 17.1. The highest BCUT2D eigenvalue weighted by Gasteiger charge is 2.20. The first kappa shape index (κ1) is 16.7. The van der Waals surface area contributed by atoms with Crippen LogP contribution in [0.15, 0.2) is 34.9 Å². The molecule has 0 spiro atoms. The first-order valence-electron chi connectivity index (χ1n) is 8.59. The maximum Gasteiger partial charge on any atom is 0.290 e. The number of benzene rings is 1. The molecule has 0 saturated heterocycles. The molecule has 1 unspecified atom stereocenters. The van der Waals surface area contributed by atoms with Crippen molar-refractivity contribution in [1.29, 1.82) is 0 Å². The Balaban J connectivity index is 1.54. The normalized spacial score (nSPS) is 16.0. The molecule has 5 heteroatoms. The molecule has 3 rings (SSSR count). The van der Waals surface area contributed by atoms with Gasteiger partial charge < -0.3 is 9.84 Å². The fourth-order valence-electron chi connectivity index (χ4n) is 3.11. The number of rotatable bonds is 5. The van der Waals surface area contributed by atoms with E-state index in [0.29, 0.717) is 0 Å². The van der Waals surface area contributed by atoms with Crippen molar-refractivity contribution in [3.63, 3.8) is 0 Å². The van der Waals surface area contributed by atoms with Gasteiger partial charge in [0.2, 0.25) is 5.76 Å². The molecule has 2 aromatic rings. The SMILES string of the molecule is CC(CN1CCc2ccccc2C1)NC(=O)c1cc(C(C)C)no1. The summed E-state index contributed by atoms with van der Waals surface area (Å²) in [7, 11) is 0. The summed E-state index contributed by atoms with van der Waals surface area (Å²) in [5.74, 6) is 0.343. The lowest BCUT2D eigenvalue weighted by atomic mass is 10.00. The van der Waals surface area contributed by atoms with Gasteiger partial charge in [0.15, 0.2) is 0 Å². The molecule has 0 saturated carbocycles.